The van der Waals surface area contributed by atoms with Gasteiger partial charge in [-0.3, -0.25) is 4.79 Å². The van der Waals surface area contributed by atoms with Crippen LogP contribution in [0, 0.1) is 0 Å². The van der Waals surface area contributed by atoms with E-state index in [1.165, 1.54) is 11.6 Å². The maximum Gasteiger partial charge on any atom is 0.243 e. The number of hydrogen-bond donors (Lipinski definition) is 1. The van der Waals surface area contributed by atoms with Gasteiger partial charge in [0.05, 0.1) is 14.2 Å². The van der Waals surface area contributed by atoms with Crippen molar-refractivity contribution in [3.8, 4) is 17.2 Å². The van der Waals surface area contributed by atoms with Crippen LogP contribution in [0.5, 0.6) is 17.2 Å². The monoisotopic (exact) mass is 395 g/mol. The Morgan fingerprint density at radius 1 is 1.03 bits per heavy atom. The van der Waals surface area contributed by atoms with Crippen molar-refractivity contribution in [2.75, 3.05) is 21.3 Å². The normalized spacial score (nSPS) is 10.5. The average Bonchev–Trinajstić information content (AvgIpc) is 2.74. The zero-order valence-electron chi connectivity index (χ0n) is 17.7. The number of methoxy groups -OCH3 is 2. The van der Waals surface area contributed by atoms with E-state index >= 15 is 0 Å². The number of amides is 1. The van der Waals surface area contributed by atoms with Gasteiger partial charge in [0.1, 0.15) is 23.9 Å². The number of rotatable bonds is 9. The fourth-order valence-electron chi connectivity index (χ4n) is 2.75. The Hall–Kier alpha value is -3.21. The molecule has 2 rings (SSSR count). The highest BCUT2D eigenvalue weighted by molar-refractivity contribution is 5.92. The van der Waals surface area contributed by atoms with E-state index in [2.05, 4.69) is 25.2 Å². The summed E-state index contributed by atoms with van der Waals surface area (Å²) in [6.45, 7) is 4.50. The van der Waals surface area contributed by atoms with Crippen molar-refractivity contribution >= 4 is 12.0 Å². The number of benzene rings is 2. The summed E-state index contributed by atoms with van der Waals surface area (Å²) in [5, 5.41) is 2.59. The van der Waals surface area contributed by atoms with Crippen molar-refractivity contribution in [2.45, 2.75) is 26.9 Å². The van der Waals surface area contributed by atoms with Gasteiger partial charge in [0.2, 0.25) is 5.91 Å². The van der Waals surface area contributed by atoms with Crippen LogP contribution in [-0.4, -0.2) is 27.2 Å². The average molecular weight is 395 g/mol. The molecule has 29 heavy (non-hydrogen) atoms. The third-order valence-electron chi connectivity index (χ3n) is 4.39. The first-order valence-electron chi connectivity index (χ1n) is 9.47. The van der Waals surface area contributed by atoms with Crippen LogP contribution < -0.4 is 19.5 Å². The summed E-state index contributed by atoms with van der Waals surface area (Å²) in [5.74, 6) is 2.09. The second-order valence-electron chi connectivity index (χ2n) is 6.73. The lowest BCUT2D eigenvalue weighted by molar-refractivity contribution is -0.115. The Labute approximate surface area is 173 Å². The molecule has 0 aliphatic heterocycles. The first-order valence-corrected chi connectivity index (χ1v) is 9.47. The van der Waals surface area contributed by atoms with E-state index < -0.39 is 0 Å². The number of nitrogens with one attached hydrogen (secondary N) is 1. The van der Waals surface area contributed by atoms with Crippen molar-refractivity contribution < 1.29 is 19.0 Å². The van der Waals surface area contributed by atoms with E-state index in [-0.39, 0.29) is 5.91 Å². The molecule has 0 spiro atoms. The quantitative estimate of drug-likeness (QED) is 0.500. The number of carbonyl (C=O) groups is 1. The third kappa shape index (κ3) is 6.42. The minimum absolute atomic E-state index is 0.173. The molecule has 154 valence electrons. The lowest BCUT2D eigenvalue weighted by Gasteiger charge is -2.17. The van der Waals surface area contributed by atoms with E-state index in [1.807, 2.05) is 36.4 Å². The van der Waals surface area contributed by atoms with Crippen molar-refractivity contribution in [3.63, 3.8) is 0 Å². The predicted molar refractivity (Wildman–Crippen MR) is 117 cm³/mol. The van der Waals surface area contributed by atoms with Crippen molar-refractivity contribution in [1.82, 2.24) is 5.32 Å². The molecule has 0 bridgehead atoms. The van der Waals surface area contributed by atoms with Gasteiger partial charge >= 0.3 is 0 Å². The number of hydrogen-bond acceptors (Lipinski definition) is 4. The number of ether oxygens (including phenoxy) is 3. The molecule has 0 unspecified atom stereocenters. The van der Waals surface area contributed by atoms with Gasteiger partial charge in [-0.25, -0.2) is 0 Å². The van der Waals surface area contributed by atoms with Crippen LogP contribution in [0.3, 0.4) is 0 Å². The summed E-state index contributed by atoms with van der Waals surface area (Å²) >= 11 is 0. The zero-order valence-corrected chi connectivity index (χ0v) is 17.7. The van der Waals surface area contributed by atoms with E-state index in [4.69, 9.17) is 14.2 Å². The Balaban J connectivity index is 2.42. The summed E-state index contributed by atoms with van der Waals surface area (Å²) in [7, 11) is 4.89. The lowest BCUT2D eigenvalue weighted by Crippen LogP contribution is -2.13. The summed E-state index contributed by atoms with van der Waals surface area (Å²) in [5.41, 5.74) is 3.99. The molecule has 1 N–H and O–H groups in total. The highest BCUT2D eigenvalue weighted by Gasteiger charge is 2.14. The van der Waals surface area contributed by atoms with Crippen LogP contribution in [0.15, 0.2) is 54.1 Å². The fourth-order valence-corrected chi connectivity index (χ4v) is 2.75. The molecule has 5 nitrogen and oxygen atoms in total. The molecule has 0 heterocycles. The Bertz CT molecular complexity index is 878. The summed E-state index contributed by atoms with van der Waals surface area (Å²) in [4.78, 5) is 11.7. The van der Waals surface area contributed by atoms with Crippen LogP contribution in [0.2, 0.25) is 0 Å². The molecule has 5 heteroatoms. The predicted octanol–water partition coefficient (Wildman–Crippen LogP) is 4.55. The summed E-state index contributed by atoms with van der Waals surface area (Å²) in [6, 6.07) is 11.5. The lowest BCUT2D eigenvalue weighted by atomic mass is 10.0. The van der Waals surface area contributed by atoms with E-state index in [0.717, 1.165) is 28.2 Å². The Morgan fingerprint density at radius 3 is 2.34 bits per heavy atom. The maximum atomic E-state index is 11.7. The first-order chi connectivity index (χ1) is 14.0. The van der Waals surface area contributed by atoms with Gasteiger partial charge in [-0.1, -0.05) is 23.8 Å². The zero-order chi connectivity index (χ0) is 21.2. The maximum absolute atomic E-state index is 11.7. The van der Waals surface area contributed by atoms with Crippen molar-refractivity contribution in [2.24, 2.45) is 0 Å². The molecule has 0 saturated carbocycles. The molecule has 0 fully saturated rings. The van der Waals surface area contributed by atoms with Gasteiger partial charge in [0.25, 0.3) is 0 Å². The summed E-state index contributed by atoms with van der Waals surface area (Å²) < 4.78 is 17.0. The second-order valence-corrected chi connectivity index (χ2v) is 6.73. The van der Waals surface area contributed by atoms with Gasteiger partial charge in [0.15, 0.2) is 0 Å². The van der Waals surface area contributed by atoms with Gasteiger partial charge in [-0.15, -0.1) is 0 Å². The highest BCUT2D eigenvalue weighted by atomic mass is 16.5. The minimum atomic E-state index is -0.173. The molecule has 0 aromatic heterocycles. The van der Waals surface area contributed by atoms with Crippen LogP contribution in [0.4, 0.5) is 0 Å². The van der Waals surface area contributed by atoms with Gasteiger partial charge < -0.3 is 19.5 Å². The molecule has 0 radical (unpaired) electrons. The Kier molecular flexibility index (Phi) is 8.34. The van der Waals surface area contributed by atoms with E-state index in [1.54, 1.807) is 27.3 Å². The number of allylic oxidation sites excluding steroid dienone is 2. The van der Waals surface area contributed by atoms with E-state index in [0.29, 0.717) is 18.8 Å². The molecular weight excluding hydrogens is 366 g/mol. The molecule has 2 aromatic carbocycles. The Morgan fingerprint density at radius 2 is 1.76 bits per heavy atom. The number of carbonyl (C=O) groups excluding carboxylic acids is 1. The molecule has 0 atom stereocenters. The van der Waals surface area contributed by atoms with Gasteiger partial charge in [-0.2, -0.15) is 0 Å². The van der Waals surface area contributed by atoms with Crippen LogP contribution in [-0.2, 0) is 17.8 Å². The molecular formula is C24H29NO4. The van der Waals surface area contributed by atoms with Gasteiger partial charge in [-0.05, 0) is 56.2 Å². The minimum Gasteiger partial charge on any atom is -0.497 e. The van der Waals surface area contributed by atoms with Crippen LogP contribution in [0.1, 0.15) is 30.5 Å². The molecule has 1 amide bonds. The fraction of sp³-hybridized carbons (Fsp3) is 0.292. The topological polar surface area (TPSA) is 56.8 Å². The highest BCUT2D eigenvalue weighted by Crippen LogP contribution is 2.35. The molecule has 0 aliphatic rings. The van der Waals surface area contributed by atoms with Gasteiger partial charge in [0, 0.05) is 24.3 Å². The smallest absolute Gasteiger partial charge is 0.243 e. The molecule has 2 aromatic rings. The largest absolute Gasteiger partial charge is 0.497 e. The van der Waals surface area contributed by atoms with Crippen molar-refractivity contribution in [3.05, 3.63) is 70.8 Å². The third-order valence-corrected chi connectivity index (χ3v) is 4.39. The van der Waals surface area contributed by atoms with Crippen LogP contribution in [0.25, 0.3) is 6.08 Å². The molecule has 0 aliphatic carbocycles. The number of likely N-dealkylation sites (N-methyl/N-ethyl adjacent to an activating group) is 1. The second kappa shape index (κ2) is 11.0. The van der Waals surface area contributed by atoms with E-state index in [9.17, 15) is 4.79 Å². The standard InChI is InChI=1S/C24H29NO4/c1-17(2)6-13-21-22(28-5)14-9-19(10-15-23(26)25-3)24(21)29-16-18-7-11-20(27-4)12-8-18/h6-12,14-15H,13,16H2,1-5H3,(H,25,26)/b15-10+. The SMILES string of the molecule is CNC(=O)/C=C/c1ccc(OC)c(CC=C(C)C)c1OCc1ccc(OC)cc1. The molecule has 0 saturated heterocycles. The van der Waals surface area contributed by atoms with Crippen LogP contribution >= 0.6 is 0 Å². The first kappa shape index (κ1) is 22.1. The summed E-state index contributed by atoms with van der Waals surface area (Å²) in [6.07, 6.45) is 6.05. The van der Waals surface area contributed by atoms with Crippen molar-refractivity contribution in [1.29, 1.82) is 0 Å².